The number of benzene rings is 1. The van der Waals surface area contributed by atoms with Gasteiger partial charge in [0.2, 0.25) is 11.8 Å². The van der Waals surface area contributed by atoms with Crippen LogP contribution in [0.2, 0.25) is 0 Å². The molecule has 1 aromatic carbocycles. The second-order valence-electron chi connectivity index (χ2n) is 9.26. The molecular formula is C23H25N3O7. The number of rotatable bonds is 5. The van der Waals surface area contributed by atoms with E-state index in [1.807, 2.05) is 20.8 Å². The lowest BCUT2D eigenvalue weighted by molar-refractivity contribution is -0.384. The first-order valence-corrected chi connectivity index (χ1v) is 10.8. The van der Waals surface area contributed by atoms with Gasteiger partial charge in [0.05, 0.1) is 17.1 Å². The Morgan fingerprint density at radius 2 is 2.03 bits per heavy atom. The summed E-state index contributed by atoms with van der Waals surface area (Å²) in [6.45, 7) is 5.77. The summed E-state index contributed by atoms with van der Waals surface area (Å²) in [4.78, 5) is 51.2. The summed E-state index contributed by atoms with van der Waals surface area (Å²) in [5, 5.41) is 14.2. The Hall–Kier alpha value is -3.69. The standard InChI is InChI=1S/C23H25N3O7/c1-4-5-8-32-20(28)18-19(24)33-16-11-22(2,3)10-15(27)17(16)23(18)13-9-12(26(30)31)6-7-14(13)25-21(23)29/h6-7,9H,4-5,8,10-11,24H2,1-3H3,(H,25,29). The van der Waals surface area contributed by atoms with Crippen LogP contribution in [0.1, 0.15) is 52.0 Å². The van der Waals surface area contributed by atoms with Crippen molar-refractivity contribution in [2.45, 2.75) is 51.9 Å². The molecule has 2 aliphatic heterocycles. The minimum Gasteiger partial charge on any atom is -0.462 e. The maximum Gasteiger partial charge on any atom is 0.341 e. The fraction of sp³-hybridized carbons (Fsp3) is 0.435. The zero-order valence-corrected chi connectivity index (χ0v) is 18.6. The van der Waals surface area contributed by atoms with Crippen molar-refractivity contribution in [2.24, 2.45) is 11.1 Å². The first-order valence-electron chi connectivity index (χ1n) is 10.8. The summed E-state index contributed by atoms with van der Waals surface area (Å²) in [5.74, 6) is -2.15. The number of ketones is 1. The van der Waals surface area contributed by atoms with Gasteiger partial charge in [-0.15, -0.1) is 0 Å². The number of hydrogen-bond donors (Lipinski definition) is 2. The minimum absolute atomic E-state index is 0.0183. The summed E-state index contributed by atoms with van der Waals surface area (Å²) in [7, 11) is 0. The number of anilines is 1. The Labute approximate surface area is 189 Å². The van der Waals surface area contributed by atoms with Crippen LogP contribution in [0.4, 0.5) is 11.4 Å². The van der Waals surface area contributed by atoms with E-state index in [9.17, 15) is 24.5 Å². The monoisotopic (exact) mass is 455 g/mol. The highest BCUT2D eigenvalue weighted by Gasteiger charge is 2.63. The zero-order chi connectivity index (χ0) is 24.1. The number of unbranched alkanes of at least 4 members (excludes halogenated alkanes) is 1. The fourth-order valence-electron chi connectivity index (χ4n) is 4.80. The minimum atomic E-state index is -1.99. The summed E-state index contributed by atoms with van der Waals surface area (Å²) >= 11 is 0. The number of fused-ring (bicyclic) bond motifs is 3. The molecule has 1 spiro atoms. The number of carbonyl (C=O) groups excluding carboxylic acids is 3. The van der Waals surface area contributed by atoms with Gasteiger partial charge in [0.25, 0.3) is 5.69 Å². The maximum absolute atomic E-state index is 13.6. The second kappa shape index (κ2) is 7.72. The van der Waals surface area contributed by atoms with Crippen molar-refractivity contribution in [1.82, 2.24) is 0 Å². The molecule has 0 radical (unpaired) electrons. The number of esters is 1. The van der Waals surface area contributed by atoms with Crippen LogP contribution < -0.4 is 11.1 Å². The Kier molecular flexibility index (Phi) is 5.26. The van der Waals surface area contributed by atoms with E-state index >= 15 is 0 Å². The van der Waals surface area contributed by atoms with E-state index in [0.29, 0.717) is 12.8 Å². The predicted molar refractivity (Wildman–Crippen MR) is 117 cm³/mol. The normalized spacial score (nSPS) is 23.1. The van der Waals surface area contributed by atoms with Crippen molar-refractivity contribution in [3.8, 4) is 0 Å². The molecule has 3 aliphatic rings. The van der Waals surface area contributed by atoms with Gasteiger partial charge in [0.15, 0.2) is 5.78 Å². The molecule has 1 atom stereocenters. The topological polar surface area (TPSA) is 151 Å². The molecule has 1 unspecified atom stereocenters. The van der Waals surface area contributed by atoms with Gasteiger partial charge in [-0.3, -0.25) is 19.7 Å². The number of Topliss-reactive ketones (excluding diaryl/α,β-unsaturated/α-hetero) is 1. The van der Waals surface area contributed by atoms with Gasteiger partial charge in [-0.25, -0.2) is 4.79 Å². The molecule has 10 heteroatoms. The molecule has 2 heterocycles. The molecule has 174 valence electrons. The largest absolute Gasteiger partial charge is 0.462 e. The average molecular weight is 455 g/mol. The van der Waals surface area contributed by atoms with Crippen molar-refractivity contribution in [3.63, 3.8) is 0 Å². The summed E-state index contributed by atoms with van der Waals surface area (Å²) < 4.78 is 11.1. The second-order valence-corrected chi connectivity index (χ2v) is 9.26. The molecule has 0 saturated carbocycles. The lowest BCUT2D eigenvalue weighted by atomic mass is 9.62. The van der Waals surface area contributed by atoms with Gasteiger partial charge in [-0.1, -0.05) is 27.2 Å². The van der Waals surface area contributed by atoms with Gasteiger partial charge in [0.1, 0.15) is 16.7 Å². The van der Waals surface area contributed by atoms with Crippen LogP contribution in [0.3, 0.4) is 0 Å². The Balaban J connectivity index is 2.01. The average Bonchev–Trinajstić information content (AvgIpc) is 2.98. The van der Waals surface area contributed by atoms with E-state index in [-0.39, 0.29) is 58.5 Å². The maximum atomic E-state index is 13.6. The van der Waals surface area contributed by atoms with Crippen LogP contribution in [0.5, 0.6) is 0 Å². The number of allylic oxidation sites excluding steroid dienone is 1. The third-order valence-corrected chi connectivity index (χ3v) is 6.21. The van der Waals surface area contributed by atoms with Gasteiger partial charge in [-0.2, -0.15) is 0 Å². The molecule has 33 heavy (non-hydrogen) atoms. The van der Waals surface area contributed by atoms with Gasteiger partial charge in [-0.05, 0) is 17.9 Å². The molecule has 0 saturated heterocycles. The van der Waals surface area contributed by atoms with Gasteiger partial charge >= 0.3 is 5.97 Å². The summed E-state index contributed by atoms with van der Waals surface area (Å²) in [6.07, 6.45) is 1.75. The summed E-state index contributed by atoms with van der Waals surface area (Å²) in [5.41, 5.74) is 3.46. The van der Waals surface area contributed by atoms with Crippen molar-refractivity contribution in [2.75, 3.05) is 11.9 Å². The Bertz CT molecular complexity index is 1160. The van der Waals surface area contributed by atoms with Crippen LogP contribution in [-0.2, 0) is 29.3 Å². The SMILES string of the molecule is CCCCOC(=O)C1=C(N)OC2=C(C(=O)CC(C)(C)C2)C12C(=O)Nc1ccc([N+](=O)[O-])cc12. The molecule has 0 aromatic heterocycles. The Morgan fingerprint density at radius 3 is 2.70 bits per heavy atom. The number of nitro benzene ring substituents is 1. The first kappa shape index (κ1) is 22.5. The number of hydrogen-bond acceptors (Lipinski definition) is 8. The molecular weight excluding hydrogens is 430 g/mol. The third-order valence-electron chi connectivity index (χ3n) is 6.21. The van der Waals surface area contributed by atoms with Gasteiger partial charge < -0.3 is 20.5 Å². The van der Waals surface area contributed by atoms with Crippen LogP contribution in [0.15, 0.2) is 41.0 Å². The summed E-state index contributed by atoms with van der Waals surface area (Å²) in [6, 6.07) is 3.82. The van der Waals surface area contributed by atoms with E-state index in [4.69, 9.17) is 15.2 Å². The highest BCUT2D eigenvalue weighted by molar-refractivity contribution is 6.22. The van der Waals surface area contributed by atoms with Crippen LogP contribution in [0.25, 0.3) is 0 Å². The van der Waals surface area contributed by atoms with E-state index in [1.165, 1.54) is 18.2 Å². The number of carbonyl (C=O) groups is 3. The van der Waals surface area contributed by atoms with E-state index in [2.05, 4.69) is 5.32 Å². The van der Waals surface area contributed by atoms with E-state index in [0.717, 1.165) is 6.42 Å². The molecule has 1 aromatic rings. The molecule has 1 aliphatic carbocycles. The number of nitrogens with zero attached hydrogens (tertiary/aromatic N) is 1. The van der Waals surface area contributed by atoms with E-state index in [1.54, 1.807) is 0 Å². The number of ether oxygens (including phenoxy) is 2. The Morgan fingerprint density at radius 1 is 1.30 bits per heavy atom. The zero-order valence-electron chi connectivity index (χ0n) is 18.6. The highest BCUT2D eigenvalue weighted by atomic mass is 16.6. The lowest BCUT2D eigenvalue weighted by Crippen LogP contribution is -2.50. The van der Waals surface area contributed by atoms with Crippen LogP contribution in [-0.4, -0.2) is 29.2 Å². The molecule has 3 N–H and O–H groups in total. The van der Waals surface area contributed by atoms with Crippen LogP contribution in [0, 0.1) is 15.5 Å². The number of nitrogens with one attached hydrogen (secondary N) is 1. The van der Waals surface area contributed by atoms with Crippen molar-refractivity contribution in [1.29, 1.82) is 0 Å². The third kappa shape index (κ3) is 3.37. The number of non-ortho nitro benzene ring substituents is 1. The predicted octanol–water partition coefficient (Wildman–Crippen LogP) is 2.97. The number of nitrogens with two attached hydrogens (primary N) is 1. The van der Waals surface area contributed by atoms with Crippen molar-refractivity contribution >= 4 is 29.0 Å². The lowest BCUT2D eigenvalue weighted by Gasteiger charge is -2.41. The van der Waals surface area contributed by atoms with E-state index < -0.39 is 27.6 Å². The molecule has 1 amide bonds. The molecule has 10 nitrogen and oxygen atoms in total. The quantitative estimate of drug-likeness (QED) is 0.298. The van der Waals surface area contributed by atoms with Crippen molar-refractivity contribution in [3.05, 3.63) is 56.7 Å². The smallest absolute Gasteiger partial charge is 0.341 e. The number of amides is 1. The fourth-order valence-corrected chi connectivity index (χ4v) is 4.80. The first-order chi connectivity index (χ1) is 15.5. The number of nitro groups is 1. The molecule has 0 fully saturated rings. The van der Waals surface area contributed by atoms with Crippen LogP contribution >= 0.6 is 0 Å². The molecule has 0 bridgehead atoms. The highest BCUT2D eigenvalue weighted by Crippen LogP contribution is 2.56. The van der Waals surface area contributed by atoms with Crippen molar-refractivity contribution < 1.29 is 28.8 Å². The molecule has 4 rings (SSSR count). The van der Waals surface area contributed by atoms with Gasteiger partial charge in [0, 0.05) is 36.2 Å².